The zero-order valence-corrected chi connectivity index (χ0v) is 17.2. The van der Waals surface area contributed by atoms with Crippen molar-refractivity contribution < 1.29 is 40.6 Å². The summed E-state index contributed by atoms with van der Waals surface area (Å²) >= 11 is 0. The molecule has 5 atom stereocenters. The van der Waals surface area contributed by atoms with E-state index in [4.69, 9.17) is 23.1 Å². The lowest BCUT2D eigenvalue weighted by Gasteiger charge is -2.39. The van der Waals surface area contributed by atoms with Crippen LogP contribution in [0, 0.1) is 0 Å². The highest BCUT2D eigenvalue weighted by atomic mass is 32.3. The molecule has 0 spiro atoms. The number of ether oxygens (including phenoxy) is 4. The molecule has 0 radical (unpaired) electrons. The van der Waals surface area contributed by atoms with E-state index in [1.54, 1.807) is 13.8 Å². The van der Waals surface area contributed by atoms with E-state index in [0.717, 1.165) is 19.6 Å². The molecule has 0 aromatic carbocycles. The molecular weight excluding hydrogens is 366 g/mol. The summed E-state index contributed by atoms with van der Waals surface area (Å²) in [5.41, 5.74) is 0. The lowest BCUT2D eigenvalue weighted by Crippen LogP contribution is -2.56. The summed E-state index contributed by atoms with van der Waals surface area (Å²) < 4.78 is 60.9. The first-order chi connectivity index (χ1) is 12.0. The molecule has 2 heterocycles. The highest BCUT2D eigenvalue weighted by Gasteiger charge is 2.59. The van der Waals surface area contributed by atoms with E-state index < -0.39 is 46.9 Å². The summed E-state index contributed by atoms with van der Waals surface area (Å²) in [4.78, 5) is 0. The molecule has 2 aliphatic rings. The Morgan fingerprint density at radius 1 is 1.12 bits per heavy atom. The molecule has 0 saturated carbocycles. The van der Waals surface area contributed by atoms with Gasteiger partial charge < -0.3 is 23.4 Å². The third-order valence-electron chi connectivity index (χ3n) is 5.47. The second-order valence-electron chi connectivity index (χ2n) is 7.30. The van der Waals surface area contributed by atoms with Gasteiger partial charge in [-0.3, -0.25) is 4.55 Å². The van der Waals surface area contributed by atoms with Crippen molar-refractivity contribution in [1.29, 1.82) is 0 Å². The molecule has 0 aliphatic carbocycles. The van der Waals surface area contributed by atoms with Gasteiger partial charge in [0.2, 0.25) is 0 Å². The predicted molar refractivity (Wildman–Crippen MR) is 92.7 cm³/mol. The Labute approximate surface area is 156 Å². The standard InChI is InChI=1S/C16H31NO8S/c1-7-17(8-2,9-3)10-11(25-26(18,19)20)12-13-14(15(21-6)22-12)24-16(4,5)23-13/h11-15H,7-10H2,1-6H3/p+1/t11-,12-,13+,14+,15+/m1/s1. The zero-order chi connectivity index (χ0) is 19.8. The minimum Gasteiger partial charge on any atom is -0.353 e. The molecule has 2 fully saturated rings. The number of fused-ring (bicyclic) bond motifs is 1. The van der Waals surface area contributed by atoms with Crippen molar-refractivity contribution in [2.75, 3.05) is 33.3 Å². The van der Waals surface area contributed by atoms with Crippen molar-refractivity contribution in [2.24, 2.45) is 0 Å². The molecule has 0 aromatic heterocycles. The molecule has 2 saturated heterocycles. The summed E-state index contributed by atoms with van der Waals surface area (Å²) in [5, 5.41) is 0. The van der Waals surface area contributed by atoms with E-state index in [9.17, 15) is 13.0 Å². The minimum atomic E-state index is -4.67. The summed E-state index contributed by atoms with van der Waals surface area (Å²) in [6.07, 6.45) is -3.45. The maximum absolute atomic E-state index is 11.5. The number of nitrogens with zero attached hydrogens (tertiary/aromatic N) is 1. The molecule has 10 heteroatoms. The molecule has 9 nitrogen and oxygen atoms in total. The summed E-state index contributed by atoms with van der Waals surface area (Å²) in [5.74, 6) is -0.844. The lowest BCUT2D eigenvalue weighted by atomic mass is 10.0. The second kappa shape index (κ2) is 7.96. The van der Waals surface area contributed by atoms with Crippen LogP contribution in [0.15, 0.2) is 0 Å². The largest absolute Gasteiger partial charge is 0.397 e. The van der Waals surface area contributed by atoms with Crippen LogP contribution in [0.4, 0.5) is 0 Å². The van der Waals surface area contributed by atoms with Crippen molar-refractivity contribution in [3.8, 4) is 0 Å². The molecular formula is C16H32NO8S+. The summed E-state index contributed by atoms with van der Waals surface area (Å²) in [6, 6.07) is 0. The van der Waals surface area contributed by atoms with Crippen LogP contribution in [-0.4, -0.2) is 87.2 Å². The Bertz CT molecular complexity index is 569. The van der Waals surface area contributed by atoms with Gasteiger partial charge in [0.15, 0.2) is 18.2 Å². The van der Waals surface area contributed by atoms with Crippen molar-refractivity contribution in [2.45, 2.75) is 71.1 Å². The topological polar surface area (TPSA) is 101 Å². The smallest absolute Gasteiger partial charge is 0.353 e. The molecule has 1 N–H and O–H groups in total. The Kier molecular flexibility index (Phi) is 6.72. The fraction of sp³-hybridized carbons (Fsp3) is 1.00. The molecule has 0 bridgehead atoms. The van der Waals surface area contributed by atoms with Gasteiger partial charge in [0.05, 0.1) is 19.6 Å². The second-order valence-corrected chi connectivity index (χ2v) is 8.35. The fourth-order valence-corrected chi connectivity index (χ4v) is 4.35. The van der Waals surface area contributed by atoms with Gasteiger partial charge in [-0.2, -0.15) is 8.42 Å². The van der Waals surface area contributed by atoms with Crippen LogP contribution >= 0.6 is 0 Å². The van der Waals surface area contributed by atoms with Gasteiger partial charge in [0.1, 0.15) is 24.9 Å². The highest BCUT2D eigenvalue weighted by molar-refractivity contribution is 7.80. The van der Waals surface area contributed by atoms with Crippen LogP contribution in [0.1, 0.15) is 34.6 Å². The van der Waals surface area contributed by atoms with Gasteiger partial charge in [-0.25, -0.2) is 4.18 Å². The molecule has 0 amide bonds. The van der Waals surface area contributed by atoms with E-state index in [1.165, 1.54) is 7.11 Å². The van der Waals surface area contributed by atoms with Crippen LogP contribution in [0.2, 0.25) is 0 Å². The van der Waals surface area contributed by atoms with Crippen LogP contribution in [0.3, 0.4) is 0 Å². The van der Waals surface area contributed by atoms with Gasteiger partial charge in [-0.1, -0.05) is 0 Å². The third-order valence-corrected chi connectivity index (χ3v) is 5.96. The number of hydrogen-bond donors (Lipinski definition) is 1. The van der Waals surface area contributed by atoms with Crippen molar-refractivity contribution in [1.82, 2.24) is 0 Å². The minimum absolute atomic E-state index is 0.345. The first kappa shape index (κ1) is 22.0. The molecule has 154 valence electrons. The normalized spacial score (nSPS) is 32.6. The highest BCUT2D eigenvalue weighted by Crippen LogP contribution is 2.41. The molecule has 2 aliphatic heterocycles. The maximum Gasteiger partial charge on any atom is 0.397 e. The maximum atomic E-state index is 11.5. The number of likely N-dealkylation sites (N-methyl/N-ethyl adjacent to an activating group) is 1. The third kappa shape index (κ3) is 4.74. The van der Waals surface area contributed by atoms with E-state index in [0.29, 0.717) is 11.0 Å². The number of quaternary nitrogens is 1. The molecule has 26 heavy (non-hydrogen) atoms. The van der Waals surface area contributed by atoms with Crippen LogP contribution in [0.5, 0.6) is 0 Å². The number of hydrogen-bond acceptors (Lipinski definition) is 7. The average molecular weight is 398 g/mol. The molecule has 0 aromatic rings. The molecule has 2 rings (SSSR count). The summed E-state index contributed by atoms with van der Waals surface area (Å²) in [7, 11) is -3.18. The quantitative estimate of drug-likeness (QED) is 0.452. The van der Waals surface area contributed by atoms with Crippen molar-refractivity contribution >= 4 is 10.4 Å². The van der Waals surface area contributed by atoms with Crippen LogP contribution in [-0.2, 0) is 33.5 Å². The zero-order valence-electron chi connectivity index (χ0n) is 16.4. The predicted octanol–water partition coefficient (Wildman–Crippen LogP) is 0.942. The van der Waals surface area contributed by atoms with Crippen LogP contribution < -0.4 is 0 Å². The summed E-state index contributed by atoms with van der Waals surface area (Å²) in [6.45, 7) is 12.4. The Balaban J connectivity index is 2.32. The lowest BCUT2D eigenvalue weighted by molar-refractivity contribution is -0.926. The van der Waals surface area contributed by atoms with Crippen molar-refractivity contribution in [3.63, 3.8) is 0 Å². The molecule has 0 unspecified atom stereocenters. The Morgan fingerprint density at radius 3 is 2.12 bits per heavy atom. The van der Waals surface area contributed by atoms with E-state index in [2.05, 4.69) is 0 Å². The van der Waals surface area contributed by atoms with Crippen LogP contribution in [0.25, 0.3) is 0 Å². The average Bonchev–Trinajstić information content (AvgIpc) is 3.03. The first-order valence-corrected chi connectivity index (χ1v) is 10.4. The number of rotatable bonds is 9. The van der Waals surface area contributed by atoms with Gasteiger partial charge in [-0.15, -0.1) is 0 Å². The van der Waals surface area contributed by atoms with Gasteiger partial charge in [-0.05, 0) is 34.6 Å². The van der Waals surface area contributed by atoms with Gasteiger partial charge in [0.25, 0.3) is 0 Å². The van der Waals surface area contributed by atoms with Gasteiger partial charge >= 0.3 is 10.4 Å². The van der Waals surface area contributed by atoms with E-state index in [-0.39, 0.29) is 0 Å². The first-order valence-electron chi connectivity index (χ1n) is 9.04. The van der Waals surface area contributed by atoms with Gasteiger partial charge in [0, 0.05) is 7.11 Å². The Hall–Kier alpha value is -0.330. The SMILES string of the molecule is CC[N+](CC)(CC)C[C@@H](OS(=O)(=O)O)[C@H]1O[C@H](OC)[C@H]2OC(C)(C)O[C@H]21. The number of methoxy groups -OCH3 is 1. The monoisotopic (exact) mass is 398 g/mol. The fourth-order valence-electron chi connectivity index (χ4n) is 3.87. The Morgan fingerprint density at radius 2 is 1.65 bits per heavy atom. The van der Waals surface area contributed by atoms with E-state index in [1.807, 2.05) is 20.8 Å². The van der Waals surface area contributed by atoms with Crippen molar-refractivity contribution in [3.05, 3.63) is 0 Å². The van der Waals surface area contributed by atoms with E-state index >= 15 is 0 Å².